The molecule has 0 aliphatic heterocycles. The lowest BCUT2D eigenvalue weighted by Crippen LogP contribution is -2.21. The number of hydrogen-bond acceptors (Lipinski definition) is 3. The third-order valence-electron chi connectivity index (χ3n) is 3.52. The van der Waals surface area contributed by atoms with Crippen LogP contribution < -0.4 is 5.32 Å². The number of amides is 1. The lowest BCUT2D eigenvalue weighted by molar-refractivity contribution is -0.141. The number of benzene rings is 1. The molecule has 0 unspecified atom stereocenters. The lowest BCUT2D eigenvalue weighted by Gasteiger charge is -2.03. The Balaban J connectivity index is 1.59. The summed E-state index contributed by atoms with van der Waals surface area (Å²) < 4.78 is 51.7. The van der Waals surface area contributed by atoms with E-state index in [1.165, 1.54) is 34.3 Å². The Hall–Kier alpha value is -2.68. The maximum Gasteiger partial charge on any atom is 0.435 e. The Morgan fingerprint density at radius 2 is 1.88 bits per heavy atom. The quantitative estimate of drug-likeness (QED) is 0.675. The van der Waals surface area contributed by atoms with Crippen molar-refractivity contribution < 1.29 is 22.4 Å². The fourth-order valence-electron chi connectivity index (χ4n) is 2.24. The Kier molecular flexibility index (Phi) is 5.08. The Labute approximate surface area is 150 Å². The molecule has 0 aliphatic carbocycles. The van der Waals surface area contributed by atoms with Gasteiger partial charge in [-0.2, -0.15) is 18.3 Å². The number of halogens is 4. The summed E-state index contributed by atoms with van der Waals surface area (Å²) in [4.78, 5) is 12.6. The highest BCUT2D eigenvalue weighted by Gasteiger charge is 2.33. The Morgan fingerprint density at radius 1 is 1.15 bits per heavy atom. The van der Waals surface area contributed by atoms with Gasteiger partial charge in [0.1, 0.15) is 5.82 Å². The van der Waals surface area contributed by atoms with Crippen LogP contribution in [0.2, 0.25) is 0 Å². The van der Waals surface area contributed by atoms with Gasteiger partial charge in [-0.15, -0.1) is 11.3 Å². The highest BCUT2D eigenvalue weighted by Crippen LogP contribution is 2.27. The predicted molar refractivity (Wildman–Crippen MR) is 88.2 cm³/mol. The topological polar surface area (TPSA) is 46.9 Å². The van der Waals surface area contributed by atoms with Crippen molar-refractivity contribution in [3.63, 3.8) is 0 Å². The first kappa shape index (κ1) is 18.1. The highest BCUT2D eigenvalue weighted by atomic mass is 32.1. The van der Waals surface area contributed by atoms with Gasteiger partial charge in [-0.25, -0.2) is 4.39 Å². The maximum absolute atomic E-state index is 12.8. The average Bonchev–Trinajstić information content (AvgIpc) is 3.24. The molecule has 9 heteroatoms. The third kappa shape index (κ3) is 4.48. The van der Waals surface area contributed by atoms with Crippen LogP contribution in [0.3, 0.4) is 0 Å². The fraction of sp³-hybridized carbons (Fsp3) is 0.176. The van der Waals surface area contributed by atoms with Crippen molar-refractivity contribution >= 4 is 17.2 Å². The smallest absolute Gasteiger partial charge is 0.347 e. The zero-order chi connectivity index (χ0) is 18.7. The minimum atomic E-state index is -4.48. The summed E-state index contributed by atoms with van der Waals surface area (Å²) in [6.07, 6.45) is -3.24. The van der Waals surface area contributed by atoms with Crippen molar-refractivity contribution in [1.29, 1.82) is 0 Å². The van der Waals surface area contributed by atoms with E-state index in [0.717, 1.165) is 11.6 Å². The number of carbonyl (C=O) groups is 1. The number of nitrogens with zero attached hydrogens (tertiary/aromatic N) is 2. The Bertz CT molecular complexity index is 899. The minimum Gasteiger partial charge on any atom is -0.347 e. The van der Waals surface area contributed by atoms with Gasteiger partial charge in [-0.3, -0.25) is 9.48 Å². The van der Waals surface area contributed by atoms with E-state index in [-0.39, 0.29) is 24.8 Å². The highest BCUT2D eigenvalue weighted by molar-refractivity contribution is 7.12. The summed E-state index contributed by atoms with van der Waals surface area (Å²) in [6.45, 7) is 0.387. The molecule has 0 spiro atoms. The molecule has 0 saturated carbocycles. The van der Waals surface area contributed by atoms with Crippen molar-refractivity contribution in [2.24, 2.45) is 0 Å². The summed E-state index contributed by atoms with van der Waals surface area (Å²) in [5.74, 6) is -0.655. The summed E-state index contributed by atoms with van der Waals surface area (Å²) in [6, 6.07) is 8.28. The zero-order valence-corrected chi connectivity index (χ0v) is 14.1. The van der Waals surface area contributed by atoms with Gasteiger partial charge in [-0.05, 0) is 40.8 Å². The molecule has 0 fully saturated rings. The second-order valence-corrected chi connectivity index (χ2v) is 6.44. The number of alkyl halides is 3. The van der Waals surface area contributed by atoms with Gasteiger partial charge in [0.25, 0.3) is 5.91 Å². The summed E-state index contributed by atoms with van der Waals surface area (Å²) >= 11 is 1.19. The van der Waals surface area contributed by atoms with Crippen LogP contribution in [0, 0.1) is 5.82 Å². The van der Waals surface area contributed by atoms with Gasteiger partial charge in [-0.1, -0.05) is 12.1 Å². The molecule has 1 N–H and O–H groups in total. The van der Waals surface area contributed by atoms with E-state index in [1.807, 2.05) is 0 Å². The first-order chi connectivity index (χ1) is 12.3. The van der Waals surface area contributed by atoms with Gasteiger partial charge >= 0.3 is 6.18 Å². The SMILES string of the molecule is O=C(NCc1ccc(F)cc1)c1cc(Cn2ccc(C(F)(F)F)n2)cs1. The second-order valence-electron chi connectivity index (χ2n) is 5.52. The summed E-state index contributed by atoms with van der Waals surface area (Å²) in [5, 5.41) is 7.89. The fourth-order valence-corrected chi connectivity index (χ4v) is 3.06. The molecule has 0 atom stereocenters. The van der Waals surface area contributed by atoms with Crippen molar-refractivity contribution in [2.75, 3.05) is 0 Å². The van der Waals surface area contributed by atoms with Gasteiger partial charge < -0.3 is 5.32 Å². The second kappa shape index (κ2) is 7.28. The average molecular weight is 383 g/mol. The maximum atomic E-state index is 12.8. The molecule has 0 saturated heterocycles. The van der Waals surface area contributed by atoms with E-state index >= 15 is 0 Å². The molecule has 1 amide bonds. The van der Waals surface area contributed by atoms with Gasteiger partial charge in [0.2, 0.25) is 0 Å². The van der Waals surface area contributed by atoms with E-state index in [4.69, 9.17) is 0 Å². The molecule has 1 aromatic carbocycles. The molecule has 2 aromatic heterocycles. The first-order valence-corrected chi connectivity index (χ1v) is 8.40. The number of hydrogen-bond donors (Lipinski definition) is 1. The molecule has 136 valence electrons. The molecule has 26 heavy (non-hydrogen) atoms. The molecule has 0 aliphatic rings. The van der Waals surface area contributed by atoms with Crippen molar-refractivity contribution in [3.8, 4) is 0 Å². The van der Waals surface area contributed by atoms with E-state index < -0.39 is 11.9 Å². The molecular weight excluding hydrogens is 370 g/mol. The van der Waals surface area contributed by atoms with Gasteiger partial charge in [0, 0.05) is 12.7 Å². The first-order valence-electron chi connectivity index (χ1n) is 7.52. The molecule has 3 rings (SSSR count). The monoisotopic (exact) mass is 383 g/mol. The van der Waals surface area contributed by atoms with Crippen molar-refractivity contribution in [3.05, 3.63) is 75.5 Å². The molecule has 0 bridgehead atoms. The number of rotatable bonds is 5. The largest absolute Gasteiger partial charge is 0.435 e. The van der Waals surface area contributed by atoms with Crippen LogP contribution in [-0.2, 0) is 19.3 Å². The van der Waals surface area contributed by atoms with E-state index in [9.17, 15) is 22.4 Å². The molecule has 0 radical (unpaired) electrons. The van der Waals surface area contributed by atoms with Crippen LogP contribution in [0.5, 0.6) is 0 Å². The van der Waals surface area contributed by atoms with Crippen LogP contribution in [-0.4, -0.2) is 15.7 Å². The van der Waals surface area contributed by atoms with Gasteiger partial charge in [0.15, 0.2) is 5.69 Å². The summed E-state index contributed by atoms with van der Waals surface area (Å²) in [5.41, 5.74) is 0.483. The number of nitrogens with one attached hydrogen (secondary N) is 1. The Morgan fingerprint density at radius 3 is 2.54 bits per heavy atom. The zero-order valence-electron chi connectivity index (χ0n) is 13.3. The number of thiophene rings is 1. The van der Waals surface area contributed by atoms with E-state index in [0.29, 0.717) is 10.4 Å². The lowest BCUT2D eigenvalue weighted by atomic mass is 10.2. The van der Waals surface area contributed by atoms with Crippen LogP contribution in [0.25, 0.3) is 0 Å². The van der Waals surface area contributed by atoms with Crippen LogP contribution in [0.4, 0.5) is 17.6 Å². The molecular formula is C17H13F4N3OS. The molecule has 2 heterocycles. The van der Waals surface area contributed by atoms with Gasteiger partial charge in [0.05, 0.1) is 11.4 Å². The standard InChI is InChI=1S/C17H13F4N3OS/c18-13-3-1-11(2-4-13)8-22-16(25)14-7-12(10-26-14)9-24-6-5-15(23-24)17(19,20)21/h1-7,10H,8-9H2,(H,22,25). The van der Waals surface area contributed by atoms with E-state index in [2.05, 4.69) is 10.4 Å². The van der Waals surface area contributed by atoms with Crippen LogP contribution in [0.1, 0.15) is 26.5 Å². The van der Waals surface area contributed by atoms with Crippen molar-refractivity contribution in [1.82, 2.24) is 15.1 Å². The predicted octanol–water partition coefficient (Wildman–Crippen LogP) is 4.08. The van der Waals surface area contributed by atoms with Crippen LogP contribution >= 0.6 is 11.3 Å². The number of carbonyl (C=O) groups excluding carboxylic acids is 1. The molecule has 3 aromatic rings. The minimum absolute atomic E-state index is 0.137. The summed E-state index contributed by atoms with van der Waals surface area (Å²) in [7, 11) is 0. The third-order valence-corrected chi connectivity index (χ3v) is 4.50. The van der Waals surface area contributed by atoms with Crippen molar-refractivity contribution in [2.45, 2.75) is 19.3 Å². The number of aromatic nitrogens is 2. The van der Waals surface area contributed by atoms with E-state index in [1.54, 1.807) is 23.6 Å². The van der Waals surface area contributed by atoms with Crippen LogP contribution in [0.15, 0.2) is 48.0 Å². The molecule has 4 nitrogen and oxygen atoms in total. The normalized spacial score (nSPS) is 11.5.